The monoisotopic (exact) mass is 876 g/mol. The highest BCUT2D eigenvalue weighted by molar-refractivity contribution is 8.26. The molecule has 0 aliphatic carbocycles. The van der Waals surface area contributed by atoms with Gasteiger partial charge in [-0.05, 0) is 47.2 Å². The number of carbonyl (C=O) groups is 6. The number of thiophene rings is 3. The summed E-state index contributed by atoms with van der Waals surface area (Å²) >= 11 is 3.52. The third kappa shape index (κ3) is 17.8. The lowest BCUT2D eigenvalue weighted by Gasteiger charge is -2.13. The Hall–Kier alpha value is -3.39. The van der Waals surface area contributed by atoms with Crippen molar-refractivity contribution < 1.29 is 54.6 Å². The highest BCUT2D eigenvalue weighted by Crippen LogP contribution is 2.28. The Morgan fingerprint density at radius 1 is 0.759 bits per heavy atom. The zero-order chi connectivity index (χ0) is 40.5. The molecule has 0 bridgehead atoms. The van der Waals surface area contributed by atoms with Crippen LogP contribution in [0.2, 0.25) is 0 Å². The van der Waals surface area contributed by atoms with Crippen molar-refractivity contribution in [2.75, 3.05) is 6.54 Å². The standard InChI is InChI=1S/C15H22O3S.C14H19NO2S.C8H5NO3S.Cl2OS.8H2/c1-2-3-4-5-6-7-8-9-13(16)12-10-11-19-14(12)15(17)18;1-2-3-4-5-6-7-9-15-13(16)11-8-10-18-12(11)14(15)17;1-2-9-7(10)6-5(8(11)12)3-4-13-6;1-4(2)3;;;;;;;;/h10-11H,2-9H2,1H3,(H,17,18);8,10H,2-7,9H2,1H3;1,3-4H,(H,9,10)(H,11,12);;8*1H. The number of ketones is 1. The largest absolute Gasteiger partial charge is 0.478 e. The lowest BCUT2D eigenvalue weighted by molar-refractivity contribution is 0.0647. The average molecular weight is 878 g/mol. The molecule has 11 nitrogen and oxygen atoms in total. The molecule has 0 saturated carbocycles. The molecule has 1 aliphatic heterocycles. The van der Waals surface area contributed by atoms with Crippen molar-refractivity contribution in [3.05, 3.63) is 65.7 Å². The number of amides is 3. The maximum Gasteiger partial charge on any atom is 0.346 e. The number of imide groups is 1. The summed E-state index contributed by atoms with van der Waals surface area (Å²) < 4.78 is 9.09. The SMILES string of the molecule is C#CNC(=O)c1sccc1C(=O)O.CCCCCCCCCC(=O)c1ccsc1C(=O)O.CCCCCCCCN1C(=O)c2ccsc2C1=O.O=S(Cl)Cl.[HH].[HH].[HH].[HH].[HH].[HH].[HH].[HH]. The van der Waals surface area contributed by atoms with Crippen molar-refractivity contribution >= 4 is 100 Å². The summed E-state index contributed by atoms with van der Waals surface area (Å²) in [6.07, 6.45) is 20.4. The zero-order valence-corrected chi connectivity index (χ0v) is 35.0. The van der Waals surface area contributed by atoms with E-state index in [2.05, 4.69) is 40.5 Å². The van der Waals surface area contributed by atoms with Gasteiger partial charge in [0.1, 0.15) is 14.6 Å². The summed E-state index contributed by atoms with van der Waals surface area (Å²) in [6.45, 7) is 4.96. The van der Waals surface area contributed by atoms with E-state index in [0.29, 0.717) is 29.0 Å². The Labute approximate surface area is 351 Å². The first kappa shape index (κ1) is 48.6. The van der Waals surface area contributed by atoms with Gasteiger partial charge in [-0.25, -0.2) is 13.8 Å². The van der Waals surface area contributed by atoms with Crippen LogP contribution in [0.4, 0.5) is 0 Å². The van der Waals surface area contributed by atoms with E-state index in [4.69, 9.17) is 20.8 Å². The fraction of sp³-hybridized carbons (Fsp3) is 0.459. The molecule has 0 saturated heterocycles. The first-order valence-electron chi connectivity index (χ1n) is 17.4. The van der Waals surface area contributed by atoms with Gasteiger partial charge in [0.2, 0.25) is 9.23 Å². The van der Waals surface area contributed by atoms with Crippen LogP contribution in [0.25, 0.3) is 0 Å². The molecular weight excluding hydrogens is 816 g/mol. The van der Waals surface area contributed by atoms with Crippen molar-refractivity contribution in [2.24, 2.45) is 0 Å². The van der Waals surface area contributed by atoms with Crippen LogP contribution < -0.4 is 5.32 Å². The summed E-state index contributed by atoms with van der Waals surface area (Å²) in [5.74, 6) is -2.94. The number of carboxylic acid groups (broad SMARTS) is 2. The number of carbonyl (C=O) groups excluding carboxylic acids is 4. The summed E-state index contributed by atoms with van der Waals surface area (Å²) in [5.41, 5.74) is 0.942. The molecule has 3 aromatic heterocycles. The van der Waals surface area contributed by atoms with Crippen molar-refractivity contribution in [1.29, 1.82) is 0 Å². The van der Waals surface area contributed by atoms with E-state index in [1.54, 1.807) is 17.5 Å². The van der Waals surface area contributed by atoms with Crippen LogP contribution >= 0.6 is 55.4 Å². The van der Waals surface area contributed by atoms with Crippen LogP contribution in [0.3, 0.4) is 0 Å². The Morgan fingerprint density at radius 3 is 1.78 bits per heavy atom. The number of rotatable bonds is 19. The number of fused-ring (bicyclic) bond motifs is 1. The molecule has 0 spiro atoms. The Morgan fingerprint density at radius 2 is 1.26 bits per heavy atom. The molecule has 0 atom stereocenters. The predicted molar refractivity (Wildman–Crippen MR) is 236 cm³/mol. The van der Waals surface area contributed by atoms with Crippen LogP contribution in [-0.4, -0.2) is 61.3 Å². The van der Waals surface area contributed by atoms with Crippen LogP contribution in [0.5, 0.6) is 0 Å². The van der Waals surface area contributed by atoms with Crippen LogP contribution in [-0.2, 0) is 9.23 Å². The molecule has 312 valence electrons. The summed E-state index contributed by atoms with van der Waals surface area (Å²) in [4.78, 5) is 70.7. The number of nitrogens with one attached hydrogen (secondary N) is 1. The molecule has 4 rings (SSSR count). The van der Waals surface area contributed by atoms with E-state index < -0.39 is 27.1 Å². The van der Waals surface area contributed by atoms with E-state index in [0.717, 1.165) is 48.4 Å². The van der Waals surface area contributed by atoms with Gasteiger partial charge in [0.25, 0.3) is 17.7 Å². The maximum absolute atomic E-state index is 11.9. The van der Waals surface area contributed by atoms with E-state index in [-0.39, 0.29) is 44.3 Å². The number of carboxylic acids is 2. The average Bonchev–Trinajstić information content (AvgIpc) is 3.94. The molecule has 0 radical (unpaired) electrons. The maximum atomic E-state index is 11.9. The van der Waals surface area contributed by atoms with Gasteiger partial charge in [0.15, 0.2) is 5.78 Å². The minimum Gasteiger partial charge on any atom is -0.478 e. The van der Waals surface area contributed by atoms with Gasteiger partial charge in [-0.15, -0.1) is 34.0 Å². The van der Waals surface area contributed by atoms with Crippen molar-refractivity contribution in [3.63, 3.8) is 0 Å². The second kappa shape index (κ2) is 28.1. The van der Waals surface area contributed by atoms with Crippen molar-refractivity contribution in [1.82, 2.24) is 10.2 Å². The molecule has 3 amide bonds. The number of hydrogen-bond donors (Lipinski definition) is 3. The van der Waals surface area contributed by atoms with E-state index in [9.17, 15) is 28.8 Å². The van der Waals surface area contributed by atoms with Gasteiger partial charge < -0.3 is 10.2 Å². The van der Waals surface area contributed by atoms with Gasteiger partial charge in [0.05, 0.1) is 11.1 Å². The number of terminal acetylenes is 1. The minimum absolute atomic E-state index is 0. The van der Waals surface area contributed by atoms with Crippen LogP contribution in [0.1, 0.15) is 175 Å². The lowest BCUT2D eigenvalue weighted by Crippen LogP contribution is -2.30. The molecule has 4 heterocycles. The molecule has 0 aromatic carbocycles. The third-order valence-corrected chi connectivity index (χ3v) is 10.5. The number of unbranched alkanes of at least 4 members (excludes halogenated alkanes) is 11. The highest BCUT2D eigenvalue weighted by Gasteiger charge is 2.36. The molecule has 3 aromatic rings. The molecule has 0 unspecified atom stereocenters. The second-order valence-electron chi connectivity index (χ2n) is 11.7. The number of hydrogen-bond acceptors (Lipinski definition) is 10. The fourth-order valence-corrected chi connectivity index (χ4v) is 7.47. The Bertz CT molecular complexity index is 1730. The number of Topliss-reactive ketones (excluding diaryl/α,β-unsaturated/α-hetero) is 1. The smallest absolute Gasteiger partial charge is 0.346 e. The summed E-state index contributed by atoms with van der Waals surface area (Å²) in [7, 11) is 7.36. The molecule has 54 heavy (non-hydrogen) atoms. The highest BCUT2D eigenvalue weighted by atomic mass is 36.0. The van der Waals surface area contributed by atoms with Crippen molar-refractivity contribution in [2.45, 2.75) is 104 Å². The Kier molecular flexibility index (Phi) is 25.3. The lowest BCUT2D eigenvalue weighted by atomic mass is 10.0. The molecule has 0 fully saturated rings. The van der Waals surface area contributed by atoms with Gasteiger partial charge >= 0.3 is 11.9 Å². The quantitative estimate of drug-likeness (QED) is 0.0264. The predicted octanol–water partition coefficient (Wildman–Crippen LogP) is 12.3. The van der Waals surface area contributed by atoms with Crippen LogP contribution in [0.15, 0.2) is 34.3 Å². The van der Waals surface area contributed by atoms with E-state index in [1.807, 2.05) is 11.4 Å². The molecular formula is C37H62Cl2N2O9S4. The zero-order valence-electron chi connectivity index (χ0n) is 30.2. The normalized spacial score (nSPS) is 11.3. The molecule has 3 N–H and O–H groups in total. The van der Waals surface area contributed by atoms with Gasteiger partial charge in [-0.3, -0.25) is 29.4 Å². The van der Waals surface area contributed by atoms with E-state index in [1.165, 1.54) is 85.5 Å². The first-order valence-corrected chi connectivity index (χ1v) is 22.8. The molecule has 17 heteroatoms. The first-order chi connectivity index (χ1) is 25.8. The number of aromatic carboxylic acids is 2. The Balaban J connectivity index is -0.000000107. The summed E-state index contributed by atoms with van der Waals surface area (Å²) in [5, 5.41) is 24.7. The van der Waals surface area contributed by atoms with Gasteiger partial charge in [0, 0.05) is 57.4 Å². The van der Waals surface area contributed by atoms with Crippen LogP contribution in [0, 0.1) is 12.5 Å². The van der Waals surface area contributed by atoms with Gasteiger partial charge in [-0.1, -0.05) is 90.9 Å². The minimum atomic E-state index is -1.67. The fourth-order valence-electron chi connectivity index (χ4n) is 5.10. The second-order valence-corrected chi connectivity index (χ2v) is 17.0. The molecule has 1 aliphatic rings. The number of nitrogens with zero attached hydrogens (tertiary/aromatic N) is 1. The number of halogens is 2. The summed E-state index contributed by atoms with van der Waals surface area (Å²) in [6, 6.07) is 6.67. The van der Waals surface area contributed by atoms with Gasteiger partial charge in [-0.2, -0.15) is 0 Å². The third-order valence-electron chi connectivity index (χ3n) is 7.77. The van der Waals surface area contributed by atoms with E-state index >= 15 is 0 Å². The topological polar surface area (TPSA) is 175 Å². The van der Waals surface area contributed by atoms with Crippen molar-refractivity contribution in [3.8, 4) is 12.5 Å².